The number of aryl methyl sites for hydroxylation is 2. The number of likely N-dealkylation sites (tertiary alicyclic amines) is 1. The standard InChI is InChI=1S/C14H17N3OS/c1-9-4-6-19-12(9)14(18)17-5-3-11(8-17)13-15-7-10(2)16-13/h4,6-7,11H,3,5,8H2,1-2H3,(H,15,16). The molecule has 0 aromatic carbocycles. The third-order valence-electron chi connectivity index (χ3n) is 3.64. The second-order valence-electron chi connectivity index (χ2n) is 5.12. The summed E-state index contributed by atoms with van der Waals surface area (Å²) < 4.78 is 0. The molecule has 0 saturated carbocycles. The number of carbonyl (C=O) groups excluding carboxylic acids is 1. The van der Waals surface area contributed by atoms with Crippen molar-refractivity contribution in [2.45, 2.75) is 26.2 Å². The Kier molecular flexibility index (Phi) is 3.14. The molecule has 2 aromatic heterocycles. The first-order chi connectivity index (χ1) is 9.15. The van der Waals surface area contributed by atoms with Gasteiger partial charge in [0, 0.05) is 30.9 Å². The minimum atomic E-state index is 0.165. The first kappa shape index (κ1) is 12.4. The van der Waals surface area contributed by atoms with Crippen molar-refractivity contribution in [3.63, 3.8) is 0 Å². The average molecular weight is 275 g/mol. The van der Waals surface area contributed by atoms with E-state index >= 15 is 0 Å². The molecule has 1 atom stereocenters. The van der Waals surface area contributed by atoms with Gasteiger partial charge in [0.2, 0.25) is 0 Å². The van der Waals surface area contributed by atoms with E-state index in [4.69, 9.17) is 0 Å². The van der Waals surface area contributed by atoms with Crippen molar-refractivity contribution in [3.8, 4) is 0 Å². The van der Waals surface area contributed by atoms with Crippen LogP contribution in [0.4, 0.5) is 0 Å². The number of hydrogen-bond donors (Lipinski definition) is 1. The molecule has 1 aliphatic heterocycles. The van der Waals surface area contributed by atoms with Crippen molar-refractivity contribution in [1.29, 1.82) is 0 Å². The van der Waals surface area contributed by atoms with E-state index in [1.807, 2.05) is 36.4 Å². The SMILES string of the molecule is Cc1cnc(C2CCN(C(=O)c3sccc3C)C2)[nH]1. The van der Waals surface area contributed by atoms with Crippen molar-refractivity contribution in [2.75, 3.05) is 13.1 Å². The van der Waals surface area contributed by atoms with E-state index in [9.17, 15) is 4.79 Å². The summed E-state index contributed by atoms with van der Waals surface area (Å²) in [4.78, 5) is 22.9. The minimum absolute atomic E-state index is 0.165. The van der Waals surface area contributed by atoms with Crippen LogP contribution in [0.15, 0.2) is 17.6 Å². The number of aromatic amines is 1. The molecule has 3 rings (SSSR count). The number of nitrogens with one attached hydrogen (secondary N) is 1. The van der Waals surface area contributed by atoms with Crippen molar-refractivity contribution in [1.82, 2.24) is 14.9 Å². The molecule has 3 heterocycles. The highest BCUT2D eigenvalue weighted by molar-refractivity contribution is 7.12. The molecule has 1 saturated heterocycles. The van der Waals surface area contributed by atoms with Crippen LogP contribution < -0.4 is 0 Å². The largest absolute Gasteiger partial charge is 0.346 e. The predicted octanol–water partition coefficient (Wildman–Crippen LogP) is 2.72. The maximum Gasteiger partial charge on any atom is 0.264 e. The molecule has 100 valence electrons. The van der Waals surface area contributed by atoms with Gasteiger partial charge in [-0.25, -0.2) is 4.98 Å². The Hall–Kier alpha value is -1.62. The van der Waals surface area contributed by atoms with E-state index in [1.165, 1.54) is 11.3 Å². The number of thiophene rings is 1. The molecule has 0 spiro atoms. The quantitative estimate of drug-likeness (QED) is 0.916. The van der Waals surface area contributed by atoms with Gasteiger partial charge in [-0.2, -0.15) is 0 Å². The van der Waals surface area contributed by atoms with Gasteiger partial charge in [0.1, 0.15) is 5.82 Å². The molecule has 1 amide bonds. The Morgan fingerprint density at radius 2 is 2.37 bits per heavy atom. The maximum atomic E-state index is 12.4. The highest BCUT2D eigenvalue weighted by Crippen LogP contribution is 2.28. The van der Waals surface area contributed by atoms with Gasteiger partial charge in [-0.3, -0.25) is 4.79 Å². The van der Waals surface area contributed by atoms with Crippen LogP contribution in [-0.2, 0) is 0 Å². The number of hydrogen-bond acceptors (Lipinski definition) is 3. The molecular weight excluding hydrogens is 258 g/mol. The number of aromatic nitrogens is 2. The molecule has 1 fully saturated rings. The van der Waals surface area contributed by atoms with Gasteiger partial charge in [-0.1, -0.05) is 0 Å². The Morgan fingerprint density at radius 1 is 1.53 bits per heavy atom. The Morgan fingerprint density at radius 3 is 3.00 bits per heavy atom. The van der Waals surface area contributed by atoms with Crippen LogP contribution in [0, 0.1) is 13.8 Å². The fourth-order valence-corrected chi connectivity index (χ4v) is 3.44. The number of nitrogens with zero attached hydrogens (tertiary/aromatic N) is 2. The van der Waals surface area contributed by atoms with Crippen molar-refractivity contribution in [3.05, 3.63) is 39.6 Å². The molecule has 0 bridgehead atoms. The summed E-state index contributed by atoms with van der Waals surface area (Å²) in [6.07, 6.45) is 2.84. The number of amides is 1. The van der Waals surface area contributed by atoms with Crippen LogP contribution in [0.2, 0.25) is 0 Å². The number of imidazole rings is 1. The lowest BCUT2D eigenvalue weighted by atomic mass is 10.1. The molecule has 1 N–H and O–H groups in total. The van der Waals surface area contributed by atoms with Crippen LogP contribution in [0.1, 0.15) is 39.1 Å². The van der Waals surface area contributed by atoms with E-state index < -0.39 is 0 Å². The second kappa shape index (κ2) is 4.81. The fraction of sp³-hybridized carbons (Fsp3) is 0.429. The highest BCUT2D eigenvalue weighted by atomic mass is 32.1. The average Bonchev–Trinajstić information content (AvgIpc) is 3.07. The molecule has 0 aliphatic carbocycles. The van der Waals surface area contributed by atoms with Crippen LogP contribution in [-0.4, -0.2) is 33.9 Å². The van der Waals surface area contributed by atoms with Crippen molar-refractivity contribution in [2.24, 2.45) is 0 Å². The van der Waals surface area contributed by atoms with Gasteiger partial charge in [0.05, 0.1) is 4.88 Å². The second-order valence-corrected chi connectivity index (χ2v) is 6.04. The maximum absolute atomic E-state index is 12.4. The topological polar surface area (TPSA) is 49.0 Å². The summed E-state index contributed by atoms with van der Waals surface area (Å²) >= 11 is 1.53. The summed E-state index contributed by atoms with van der Waals surface area (Å²) in [5, 5.41) is 1.98. The molecule has 19 heavy (non-hydrogen) atoms. The zero-order valence-corrected chi connectivity index (χ0v) is 12.0. The van der Waals surface area contributed by atoms with Gasteiger partial charge in [0.15, 0.2) is 0 Å². The lowest BCUT2D eigenvalue weighted by molar-refractivity contribution is 0.0794. The van der Waals surface area contributed by atoms with Crippen molar-refractivity contribution < 1.29 is 4.79 Å². The summed E-state index contributed by atoms with van der Waals surface area (Å²) in [6.45, 7) is 5.58. The molecular formula is C14H17N3OS. The van der Waals surface area contributed by atoms with Gasteiger partial charge < -0.3 is 9.88 Å². The number of rotatable bonds is 2. The van der Waals surface area contributed by atoms with Crippen molar-refractivity contribution >= 4 is 17.2 Å². The summed E-state index contributed by atoms with van der Waals surface area (Å²) in [5.74, 6) is 1.52. The van der Waals surface area contributed by atoms with Crippen LogP contribution >= 0.6 is 11.3 Å². The monoisotopic (exact) mass is 275 g/mol. The summed E-state index contributed by atoms with van der Waals surface area (Å²) in [5.41, 5.74) is 2.15. The van der Waals surface area contributed by atoms with E-state index in [2.05, 4.69) is 9.97 Å². The van der Waals surface area contributed by atoms with Gasteiger partial charge in [-0.05, 0) is 37.3 Å². The zero-order chi connectivity index (χ0) is 13.4. The summed E-state index contributed by atoms with van der Waals surface area (Å²) in [6, 6.07) is 2.00. The van der Waals surface area contributed by atoms with Gasteiger partial charge in [0.25, 0.3) is 5.91 Å². The first-order valence-electron chi connectivity index (χ1n) is 6.50. The van der Waals surface area contributed by atoms with E-state index in [-0.39, 0.29) is 5.91 Å². The number of H-pyrrole nitrogens is 1. The minimum Gasteiger partial charge on any atom is -0.346 e. The predicted molar refractivity (Wildman–Crippen MR) is 75.6 cm³/mol. The molecule has 1 aliphatic rings. The van der Waals surface area contributed by atoms with E-state index in [1.54, 1.807) is 0 Å². The molecule has 5 heteroatoms. The van der Waals surface area contributed by atoms with E-state index in [0.717, 1.165) is 41.5 Å². The lowest BCUT2D eigenvalue weighted by Crippen LogP contribution is -2.28. The fourth-order valence-electron chi connectivity index (χ4n) is 2.54. The normalized spacial score (nSPS) is 19.1. The lowest BCUT2D eigenvalue weighted by Gasteiger charge is -2.15. The molecule has 4 nitrogen and oxygen atoms in total. The zero-order valence-electron chi connectivity index (χ0n) is 11.1. The third-order valence-corrected chi connectivity index (χ3v) is 4.65. The highest BCUT2D eigenvalue weighted by Gasteiger charge is 2.30. The third kappa shape index (κ3) is 2.30. The van der Waals surface area contributed by atoms with E-state index in [0.29, 0.717) is 5.92 Å². The first-order valence-corrected chi connectivity index (χ1v) is 7.38. The summed E-state index contributed by atoms with van der Waals surface area (Å²) in [7, 11) is 0. The van der Waals surface area contributed by atoms with Gasteiger partial charge in [-0.15, -0.1) is 11.3 Å². The Labute approximate surface area is 116 Å². The van der Waals surface area contributed by atoms with Crippen LogP contribution in [0.25, 0.3) is 0 Å². The Bertz CT molecular complexity index is 601. The number of carbonyl (C=O) groups is 1. The molecule has 0 radical (unpaired) electrons. The van der Waals surface area contributed by atoms with Crippen LogP contribution in [0.3, 0.4) is 0 Å². The Balaban J connectivity index is 1.72. The van der Waals surface area contributed by atoms with Crippen LogP contribution in [0.5, 0.6) is 0 Å². The molecule has 2 aromatic rings. The van der Waals surface area contributed by atoms with Gasteiger partial charge >= 0.3 is 0 Å². The smallest absolute Gasteiger partial charge is 0.264 e. The molecule has 1 unspecified atom stereocenters.